The first-order chi connectivity index (χ1) is 12.2. The van der Waals surface area contributed by atoms with Gasteiger partial charge < -0.3 is 14.5 Å². The van der Waals surface area contributed by atoms with Gasteiger partial charge in [-0.15, -0.1) is 0 Å². The maximum absolute atomic E-state index is 12.7. The summed E-state index contributed by atoms with van der Waals surface area (Å²) in [7, 11) is 1.28. The van der Waals surface area contributed by atoms with Gasteiger partial charge in [-0.3, -0.25) is 4.79 Å². The summed E-state index contributed by atoms with van der Waals surface area (Å²) < 4.78 is 10.1. The summed E-state index contributed by atoms with van der Waals surface area (Å²) >= 11 is 0. The first-order valence-electron chi connectivity index (χ1n) is 8.27. The zero-order valence-corrected chi connectivity index (χ0v) is 15.9. The van der Waals surface area contributed by atoms with E-state index in [1.807, 2.05) is 19.9 Å². The number of aromatic nitrogens is 1. The van der Waals surface area contributed by atoms with Crippen molar-refractivity contribution in [3.63, 3.8) is 0 Å². The Hall–Kier alpha value is -2.89. The molecule has 1 atom stereocenters. The van der Waals surface area contributed by atoms with Crippen molar-refractivity contribution in [3.8, 4) is 0 Å². The maximum Gasteiger partial charge on any atom is 0.339 e. The first-order valence-corrected chi connectivity index (χ1v) is 8.27. The number of aryl methyl sites for hydroxylation is 2. The average molecular weight is 357 g/mol. The van der Waals surface area contributed by atoms with E-state index in [4.69, 9.17) is 9.47 Å². The van der Waals surface area contributed by atoms with Gasteiger partial charge in [-0.05, 0) is 57.4 Å². The van der Waals surface area contributed by atoms with Crippen molar-refractivity contribution < 1.29 is 23.9 Å². The number of benzene rings is 1. The number of H-pyrrole nitrogens is 1. The highest BCUT2D eigenvalue weighted by atomic mass is 16.5. The smallest absolute Gasteiger partial charge is 0.339 e. The molecule has 26 heavy (non-hydrogen) atoms. The van der Waals surface area contributed by atoms with Crippen LogP contribution in [0, 0.1) is 27.7 Å². The Kier molecular flexibility index (Phi) is 5.65. The SMILES string of the molecule is COC(=O)c1c(C)[nH]c(C(=O)C(C)OC(=O)c2cccc(C)c2C)c1C. The lowest BCUT2D eigenvalue weighted by Crippen LogP contribution is -2.25. The molecule has 1 aromatic carbocycles. The highest BCUT2D eigenvalue weighted by Gasteiger charge is 2.28. The second-order valence-electron chi connectivity index (χ2n) is 6.28. The van der Waals surface area contributed by atoms with E-state index in [1.54, 1.807) is 26.0 Å². The van der Waals surface area contributed by atoms with E-state index in [2.05, 4.69) is 4.98 Å². The van der Waals surface area contributed by atoms with E-state index < -0.39 is 23.8 Å². The van der Waals surface area contributed by atoms with Crippen molar-refractivity contribution in [3.05, 3.63) is 57.4 Å². The van der Waals surface area contributed by atoms with Crippen molar-refractivity contribution in [1.82, 2.24) is 4.98 Å². The average Bonchev–Trinajstić information content (AvgIpc) is 2.90. The van der Waals surface area contributed by atoms with Gasteiger partial charge in [0.1, 0.15) is 0 Å². The third-order valence-corrected chi connectivity index (χ3v) is 4.55. The molecule has 0 amide bonds. The van der Waals surface area contributed by atoms with Crippen LogP contribution in [0.3, 0.4) is 0 Å². The molecule has 0 spiro atoms. The van der Waals surface area contributed by atoms with Crippen LogP contribution in [0.15, 0.2) is 18.2 Å². The number of hydrogen-bond donors (Lipinski definition) is 1. The quantitative estimate of drug-likeness (QED) is 0.654. The molecular weight excluding hydrogens is 334 g/mol. The molecular formula is C20H23NO5. The van der Waals surface area contributed by atoms with Gasteiger partial charge in [0.2, 0.25) is 5.78 Å². The lowest BCUT2D eigenvalue weighted by molar-refractivity contribution is 0.0316. The summed E-state index contributed by atoms with van der Waals surface area (Å²) in [6.45, 7) is 8.59. The van der Waals surface area contributed by atoms with Crippen molar-refractivity contribution in [2.75, 3.05) is 7.11 Å². The summed E-state index contributed by atoms with van der Waals surface area (Å²) in [5.74, 6) is -1.48. The molecule has 0 aliphatic rings. The van der Waals surface area contributed by atoms with E-state index >= 15 is 0 Å². The van der Waals surface area contributed by atoms with Crippen LogP contribution in [-0.2, 0) is 9.47 Å². The predicted octanol–water partition coefficient (Wildman–Crippen LogP) is 3.46. The number of ether oxygens (including phenoxy) is 2. The van der Waals surface area contributed by atoms with E-state index in [-0.39, 0.29) is 5.69 Å². The van der Waals surface area contributed by atoms with Crippen molar-refractivity contribution in [1.29, 1.82) is 0 Å². The molecule has 2 aromatic rings. The summed E-state index contributed by atoms with van der Waals surface area (Å²) in [5, 5.41) is 0. The topological polar surface area (TPSA) is 85.5 Å². The maximum atomic E-state index is 12.7. The molecule has 1 heterocycles. The molecule has 1 N–H and O–H groups in total. The summed E-state index contributed by atoms with van der Waals surface area (Å²) in [6, 6.07) is 5.34. The Morgan fingerprint density at radius 2 is 1.65 bits per heavy atom. The molecule has 0 saturated heterocycles. The molecule has 6 nitrogen and oxygen atoms in total. The van der Waals surface area contributed by atoms with Gasteiger partial charge in [0.25, 0.3) is 0 Å². The van der Waals surface area contributed by atoms with Crippen LogP contribution in [0.1, 0.15) is 60.5 Å². The largest absolute Gasteiger partial charge is 0.465 e. The molecule has 0 bridgehead atoms. The number of carbonyl (C=O) groups is 3. The molecule has 0 radical (unpaired) electrons. The molecule has 1 aromatic heterocycles. The van der Waals surface area contributed by atoms with Crippen LogP contribution in [0.25, 0.3) is 0 Å². The van der Waals surface area contributed by atoms with E-state index in [1.165, 1.54) is 14.0 Å². The van der Waals surface area contributed by atoms with E-state index in [0.29, 0.717) is 22.4 Å². The zero-order chi connectivity index (χ0) is 19.6. The number of methoxy groups -OCH3 is 1. The molecule has 1 unspecified atom stereocenters. The number of ketones is 1. The third-order valence-electron chi connectivity index (χ3n) is 4.55. The number of rotatable bonds is 5. The number of esters is 2. The first kappa shape index (κ1) is 19.4. The van der Waals surface area contributed by atoms with Crippen LogP contribution < -0.4 is 0 Å². The minimum absolute atomic E-state index is 0.240. The Labute approximate surface area is 152 Å². The molecule has 0 fully saturated rings. The second-order valence-corrected chi connectivity index (χ2v) is 6.28. The minimum Gasteiger partial charge on any atom is -0.465 e. The lowest BCUT2D eigenvalue weighted by Gasteiger charge is -2.14. The summed E-state index contributed by atoms with van der Waals surface area (Å²) in [5.41, 5.74) is 3.79. The monoisotopic (exact) mass is 357 g/mol. The highest BCUT2D eigenvalue weighted by molar-refractivity contribution is 6.04. The molecule has 0 saturated carbocycles. The van der Waals surface area contributed by atoms with Crippen molar-refractivity contribution in [2.45, 2.75) is 40.7 Å². The zero-order valence-electron chi connectivity index (χ0n) is 15.9. The summed E-state index contributed by atoms with van der Waals surface area (Å²) in [6.07, 6.45) is -0.996. The number of nitrogens with one attached hydrogen (secondary N) is 1. The number of aromatic amines is 1. The van der Waals surface area contributed by atoms with Gasteiger partial charge in [-0.1, -0.05) is 12.1 Å². The lowest BCUT2D eigenvalue weighted by atomic mass is 10.0. The van der Waals surface area contributed by atoms with Crippen LogP contribution in [0.4, 0.5) is 0 Å². The molecule has 0 aliphatic carbocycles. The fourth-order valence-electron chi connectivity index (χ4n) is 2.86. The van der Waals surface area contributed by atoms with Crippen LogP contribution in [0.5, 0.6) is 0 Å². The van der Waals surface area contributed by atoms with Gasteiger partial charge in [-0.25, -0.2) is 9.59 Å². The fraction of sp³-hybridized carbons (Fsp3) is 0.350. The Balaban J connectivity index is 2.24. The van der Waals surface area contributed by atoms with Crippen molar-refractivity contribution >= 4 is 17.7 Å². The van der Waals surface area contributed by atoms with Gasteiger partial charge >= 0.3 is 11.9 Å². The molecule has 0 aliphatic heterocycles. The Bertz CT molecular complexity index is 879. The molecule has 6 heteroatoms. The van der Waals surface area contributed by atoms with Crippen LogP contribution >= 0.6 is 0 Å². The van der Waals surface area contributed by atoms with Gasteiger partial charge in [0, 0.05) is 5.69 Å². The normalized spacial score (nSPS) is 11.8. The van der Waals surface area contributed by atoms with Crippen LogP contribution in [0.2, 0.25) is 0 Å². The minimum atomic E-state index is -0.996. The fourth-order valence-corrected chi connectivity index (χ4v) is 2.86. The standard InChI is InChI=1S/C20H23NO5/c1-10-8-7-9-15(11(10)2)19(23)26-14(5)18(22)17-12(3)16(13(4)21-17)20(24)25-6/h7-9,14,21H,1-6H3. The number of carbonyl (C=O) groups excluding carboxylic acids is 3. The molecule has 2 rings (SSSR count). The summed E-state index contributed by atoms with van der Waals surface area (Å²) in [4.78, 5) is 39.9. The van der Waals surface area contributed by atoms with Crippen LogP contribution in [-0.4, -0.2) is 35.9 Å². The van der Waals surface area contributed by atoms with E-state index in [9.17, 15) is 14.4 Å². The number of Topliss-reactive ketones (excluding diaryl/α,β-unsaturated/α-hetero) is 1. The predicted molar refractivity (Wildman–Crippen MR) is 96.7 cm³/mol. The Morgan fingerprint density at radius 3 is 2.27 bits per heavy atom. The van der Waals surface area contributed by atoms with Gasteiger partial charge in [0.05, 0.1) is 23.9 Å². The van der Waals surface area contributed by atoms with Gasteiger partial charge in [0.15, 0.2) is 6.10 Å². The third kappa shape index (κ3) is 3.54. The highest BCUT2D eigenvalue weighted by Crippen LogP contribution is 2.21. The molecule has 138 valence electrons. The number of hydrogen-bond acceptors (Lipinski definition) is 5. The second kappa shape index (κ2) is 7.56. The van der Waals surface area contributed by atoms with E-state index in [0.717, 1.165) is 11.1 Å². The van der Waals surface area contributed by atoms with Gasteiger partial charge in [-0.2, -0.15) is 0 Å². The van der Waals surface area contributed by atoms with Crippen molar-refractivity contribution in [2.24, 2.45) is 0 Å². The Morgan fingerprint density at radius 1 is 1.00 bits per heavy atom.